The molecule has 3 unspecified atom stereocenters. The van der Waals surface area contributed by atoms with Crippen molar-refractivity contribution in [2.75, 3.05) is 5.32 Å². The zero-order valence-corrected chi connectivity index (χ0v) is 12.1. The van der Waals surface area contributed by atoms with Crippen molar-refractivity contribution in [3.8, 4) is 0 Å². The van der Waals surface area contributed by atoms with Gasteiger partial charge >= 0.3 is 0 Å². The third-order valence-corrected chi connectivity index (χ3v) is 5.29. The number of hydrogen-bond acceptors (Lipinski definition) is 3. The summed E-state index contributed by atoms with van der Waals surface area (Å²) in [4.78, 5) is 12.4. The Hall–Kier alpha value is -0.870. The van der Waals surface area contributed by atoms with Crippen LogP contribution in [0.15, 0.2) is 16.8 Å². The first-order valence-electron chi connectivity index (χ1n) is 6.51. The normalized spacial score (nSPS) is 31.0. The Kier molecular flexibility index (Phi) is 3.78. The van der Waals surface area contributed by atoms with E-state index in [2.05, 4.69) is 26.1 Å². The Balaban J connectivity index is 2.10. The molecular formula is C14H22N2OS. The largest absolute Gasteiger partial charge is 0.327 e. The number of anilines is 1. The van der Waals surface area contributed by atoms with Crippen molar-refractivity contribution in [3.05, 3.63) is 16.8 Å². The van der Waals surface area contributed by atoms with E-state index in [1.807, 2.05) is 16.8 Å². The number of thiophene rings is 1. The van der Waals surface area contributed by atoms with E-state index >= 15 is 0 Å². The molecule has 3 atom stereocenters. The van der Waals surface area contributed by atoms with Crippen molar-refractivity contribution in [2.24, 2.45) is 23.0 Å². The summed E-state index contributed by atoms with van der Waals surface area (Å²) in [6, 6.07) is 2.15. The average Bonchev–Trinajstić information content (AvgIpc) is 2.78. The number of nitrogens with two attached hydrogens (primary N) is 1. The Labute approximate surface area is 113 Å². The molecule has 0 radical (unpaired) electrons. The van der Waals surface area contributed by atoms with Crippen molar-refractivity contribution in [2.45, 2.75) is 39.7 Å². The third-order valence-electron chi connectivity index (χ3n) is 4.61. The van der Waals surface area contributed by atoms with Crippen molar-refractivity contribution >= 4 is 22.9 Å². The highest BCUT2D eigenvalue weighted by atomic mass is 32.1. The van der Waals surface area contributed by atoms with E-state index in [1.54, 1.807) is 11.3 Å². The molecule has 1 amide bonds. The van der Waals surface area contributed by atoms with Gasteiger partial charge in [0.1, 0.15) is 0 Å². The first-order chi connectivity index (χ1) is 8.43. The molecule has 0 saturated heterocycles. The lowest BCUT2D eigenvalue weighted by molar-refractivity contribution is -0.127. The zero-order chi connectivity index (χ0) is 13.3. The Morgan fingerprint density at radius 1 is 1.50 bits per heavy atom. The molecule has 1 heterocycles. The van der Waals surface area contributed by atoms with Gasteiger partial charge in [0.15, 0.2) is 0 Å². The van der Waals surface area contributed by atoms with E-state index < -0.39 is 0 Å². The fourth-order valence-electron chi connectivity index (χ4n) is 2.88. The Bertz CT molecular complexity index is 413. The van der Waals surface area contributed by atoms with E-state index in [4.69, 9.17) is 5.73 Å². The number of carbonyl (C=O) groups is 1. The highest BCUT2D eigenvalue weighted by Crippen LogP contribution is 2.44. The summed E-state index contributed by atoms with van der Waals surface area (Å²) < 4.78 is 0. The van der Waals surface area contributed by atoms with E-state index in [0.29, 0.717) is 5.92 Å². The predicted molar refractivity (Wildman–Crippen MR) is 76.6 cm³/mol. The van der Waals surface area contributed by atoms with Gasteiger partial charge in [-0.1, -0.05) is 20.8 Å². The van der Waals surface area contributed by atoms with Crippen molar-refractivity contribution in [1.82, 2.24) is 0 Å². The van der Waals surface area contributed by atoms with Crippen LogP contribution in [-0.4, -0.2) is 11.9 Å². The van der Waals surface area contributed by atoms with Crippen LogP contribution in [0.3, 0.4) is 0 Å². The number of carbonyl (C=O) groups excluding carboxylic acids is 1. The number of amides is 1. The monoisotopic (exact) mass is 266 g/mol. The molecule has 100 valence electrons. The number of hydrogen-bond donors (Lipinski definition) is 2. The number of rotatable bonds is 2. The van der Waals surface area contributed by atoms with E-state index in [-0.39, 0.29) is 23.3 Å². The number of nitrogens with one attached hydrogen (secondary N) is 1. The van der Waals surface area contributed by atoms with Gasteiger partial charge in [-0.3, -0.25) is 4.79 Å². The first kappa shape index (κ1) is 13.6. The molecule has 2 rings (SSSR count). The summed E-state index contributed by atoms with van der Waals surface area (Å²) >= 11 is 1.59. The lowest BCUT2D eigenvalue weighted by atomic mass is 9.61. The van der Waals surface area contributed by atoms with Crippen LogP contribution in [0, 0.1) is 17.3 Å². The lowest BCUT2D eigenvalue weighted by Gasteiger charge is -2.45. The molecule has 0 bridgehead atoms. The van der Waals surface area contributed by atoms with Gasteiger partial charge in [-0.05, 0) is 35.6 Å². The molecule has 18 heavy (non-hydrogen) atoms. The summed E-state index contributed by atoms with van der Waals surface area (Å²) in [5, 5.41) is 6.95. The van der Waals surface area contributed by atoms with Crippen LogP contribution >= 0.6 is 11.3 Å². The molecule has 4 heteroatoms. The molecule has 0 spiro atoms. The fourth-order valence-corrected chi connectivity index (χ4v) is 3.47. The minimum Gasteiger partial charge on any atom is -0.327 e. The lowest BCUT2D eigenvalue weighted by Crippen LogP contribution is -2.50. The van der Waals surface area contributed by atoms with Crippen molar-refractivity contribution < 1.29 is 4.79 Å². The molecule has 1 aliphatic carbocycles. The molecule has 0 aliphatic heterocycles. The van der Waals surface area contributed by atoms with E-state index in [9.17, 15) is 4.79 Å². The standard InChI is InChI=1S/C14H22N2OS/c1-9-12(15)5-4-11(14(9,2)3)13(17)16-10-6-7-18-8-10/h6-9,11-12H,4-5,15H2,1-3H3,(H,16,17). The summed E-state index contributed by atoms with van der Waals surface area (Å²) in [6.45, 7) is 6.48. The van der Waals surface area contributed by atoms with Gasteiger partial charge < -0.3 is 11.1 Å². The molecule has 3 N–H and O–H groups in total. The fraction of sp³-hybridized carbons (Fsp3) is 0.643. The Morgan fingerprint density at radius 2 is 2.22 bits per heavy atom. The molecule has 1 saturated carbocycles. The molecule has 1 aromatic rings. The van der Waals surface area contributed by atoms with Gasteiger partial charge in [0.05, 0.1) is 5.69 Å². The predicted octanol–water partition coefficient (Wildman–Crippen LogP) is 3.09. The smallest absolute Gasteiger partial charge is 0.228 e. The molecular weight excluding hydrogens is 244 g/mol. The van der Waals surface area contributed by atoms with E-state index in [0.717, 1.165) is 18.5 Å². The minimum atomic E-state index is -0.0439. The summed E-state index contributed by atoms with van der Waals surface area (Å²) in [7, 11) is 0. The quantitative estimate of drug-likeness (QED) is 0.864. The highest BCUT2D eigenvalue weighted by molar-refractivity contribution is 7.08. The van der Waals surface area contributed by atoms with Gasteiger partial charge in [0, 0.05) is 17.3 Å². The van der Waals surface area contributed by atoms with Crippen LogP contribution in [0.1, 0.15) is 33.6 Å². The van der Waals surface area contributed by atoms with Crippen LogP contribution in [0.25, 0.3) is 0 Å². The molecule has 1 aromatic heterocycles. The molecule has 0 aromatic carbocycles. The zero-order valence-electron chi connectivity index (χ0n) is 11.3. The van der Waals surface area contributed by atoms with Crippen molar-refractivity contribution in [1.29, 1.82) is 0 Å². The first-order valence-corrected chi connectivity index (χ1v) is 7.46. The van der Waals surface area contributed by atoms with Gasteiger partial charge in [0.2, 0.25) is 5.91 Å². The maximum absolute atomic E-state index is 12.4. The van der Waals surface area contributed by atoms with Gasteiger partial charge in [-0.25, -0.2) is 0 Å². The van der Waals surface area contributed by atoms with Crippen LogP contribution in [0.2, 0.25) is 0 Å². The van der Waals surface area contributed by atoms with Crippen LogP contribution in [0.5, 0.6) is 0 Å². The second-order valence-electron chi connectivity index (χ2n) is 5.91. The maximum atomic E-state index is 12.4. The average molecular weight is 266 g/mol. The molecule has 3 nitrogen and oxygen atoms in total. The topological polar surface area (TPSA) is 55.1 Å². The SMILES string of the molecule is CC1C(N)CCC(C(=O)Nc2ccsc2)C1(C)C. The molecule has 1 aliphatic rings. The maximum Gasteiger partial charge on any atom is 0.228 e. The van der Waals surface area contributed by atoms with Crippen LogP contribution in [-0.2, 0) is 4.79 Å². The summed E-state index contributed by atoms with van der Waals surface area (Å²) in [6.07, 6.45) is 1.82. The van der Waals surface area contributed by atoms with Gasteiger partial charge in [0.25, 0.3) is 0 Å². The van der Waals surface area contributed by atoms with Crippen LogP contribution < -0.4 is 11.1 Å². The second kappa shape index (κ2) is 5.02. The van der Waals surface area contributed by atoms with Gasteiger partial charge in [-0.15, -0.1) is 0 Å². The molecule has 1 fully saturated rings. The second-order valence-corrected chi connectivity index (χ2v) is 6.69. The van der Waals surface area contributed by atoms with Crippen LogP contribution in [0.4, 0.5) is 5.69 Å². The van der Waals surface area contributed by atoms with Crippen molar-refractivity contribution in [3.63, 3.8) is 0 Å². The Morgan fingerprint density at radius 3 is 2.83 bits per heavy atom. The summed E-state index contributed by atoms with van der Waals surface area (Å²) in [5.74, 6) is 0.550. The minimum absolute atomic E-state index is 0.0439. The summed E-state index contributed by atoms with van der Waals surface area (Å²) in [5.41, 5.74) is 6.98. The highest BCUT2D eigenvalue weighted by Gasteiger charge is 2.44. The van der Waals surface area contributed by atoms with Gasteiger partial charge in [-0.2, -0.15) is 11.3 Å². The van der Waals surface area contributed by atoms with E-state index in [1.165, 1.54) is 0 Å². The third kappa shape index (κ3) is 2.45.